The van der Waals surface area contributed by atoms with Crippen molar-refractivity contribution >= 4 is 10.0 Å². The Labute approximate surface area is 87.5 Å². The fourth-order valence-corrected chi connectivity index (χ4v) is 3.42. The van der Waals surface area contributed by atoms with Gasteiger partial charge in [-0.1, -0.05) is 13.8 Å². The van der Waals surface area contributed by atoms with Crippen LogP contribution in [-0.4, -0.2) is 37.6 Å². The van der Waals surface area contributed by atoms with Crippen LogP contribution in [0.4, 0.5) is 0 Å². The molecule has 0 saturated heterocycles. The van der Waals surface area contributed by atoms with Gasteiger partial charge in [-0.2, -0.15) is 4.31 Å². The molecule has 0 radical (unpaired) electrons. The van der Waals surface area contributed by atoms with Crippen molar-refractivity contribution in [3.8, 4) is 0 Å². The molecule has 0 atom stereocenters. The van der Waals surface area contributed by atoms with Crippen LogP contribution >= 0.6 is 0 Å². The lowest BCUT2D eigenvalue weighted by molar-refractivity contribution is 0.358. The van der Waals surface area contributed by atoms with E-state index in [9.17, 15) is 8.42 Å². The van der Waals surface area contributed by atoms with Crippen LogP contribution in [0, 0.1) is 5.92 Å². The van der Waals surface area contributed by atoms with Crippen molar-refractivity contribution in [1.82, 2.24) is 4.31 Å². The minimum absolute atomic E-state index is 0.0118. The average molecular weight is 222 g/mol. The minimum Gasteiger partial charge on any atom is -0.329 e. The van der Waals surface area contributed by atoms with E-state index >= 15 is 0 Å². The zero-order valence-electron chi connectivity index (χ0n) is 9.53. The third-order valence-corrected chi connectivity index (χ3v) is 4.23. The molecule has 0 aromatic rings. The molecule has 2 N–H and O–H groups in total. The summed E-state index contributed by atoms with van der Waals surface area (Å²) in [5.41, 5.74) is 5.39. The van der Waals surface area contributed by atoms with Crippen LogP contribution in [0.5, 0.6) is 0 Å². The SMILES string of the molecule is CC(C)CS(=O)(=O)N(CCN)C(C)C. The first-order valence-corrected chi connectivity index (χ1v) is 6.61. The Balaban J connectivity index is 4.63. The van der Waals surface area contributed by atoms with E-state index in [-0.39, 0.29) is 17.7 Å². The summed E-state index contributed by atoms with van der Waals surface area (Å²) < 4.78 is 25.2. The highest BCUT2D eigenvalue weighted by Crippen LogP contribution is 2.10. The Morgan fingerprint density at radius 1 is 1.21 bits per heavy atom. The maximum atomic E-state index is 11.8. The van der Waals surface area contributed by atoms with E-state index in [0.29, 0.717) is 13.1 Å². The molecule has 4 nitrogen and oxygen atoms in total. The van der Waals surface area contributed by atoms with Gasteiger partial charge in [0, 0.05) is 19.1 Å². The van der Waals surface area contributed by atoms with Gasteiger partial charge >= 0.3 is 0 Å². The lowest BCUT2D eigenvalue weighted by Crippen LogP contribution is -2.42. The smallest absolute Gasteiger partial charge is 0.214 e. The van der Waals surface area contributed by atoms with Gasteiger partial charge in [-0.3, -0.25) is 0 Å². The fraction of sp³-hybridized carbons (Fsp3) is 1.00. The number of nitrogens with two attached hydrogens (primary N) is 1. The topological polar surface area (TPSA) is 63.4 Å². The van der Waals surface area contributed by atoms with Crippen LogP contribution < -0.4 is 5.73 Å². The molecule has 0 fully saturated rings. The minimum atomic E-state index is -3.13. The van der Waals surface area contributed by atoms with E-state index in [4.69, 9.17) is 5.73 Å². The molecule has 86 valence electrons. The predicted octanol–water partition coefficient (Wildman–Crippen LogP) is 0.641. The predicted molar refractivity (Wildman–Crippen MR) is 59.5 cm³/mol. The van der Waals surface area contributed by atoms with E-state index in [1.54, 1.807) is 0 Å². The van der Waals surface area contributed by atoms with Gasteiger partial charge in [0.15, 0.2) is 0 Å². The van der Waals surface area contributed by atoms with Crippen molar-refractivity contribution in [2.75, 3.05) is 18.8 Å². The van der Waals surface area contributed by atoms with Crippen LogP contribution in [0.1, 0.15) is 27.7 Å². The summed E-state index contributed by atoms with van der Waals surface area (Å²) in [5.74, 6) is 0.351. The van der Waals surface area contributed by atoms with Crippen LogP contribution in [0.3, 0.4) is 0 Å². The molecular formula is C9H22N2O2S. The molecule has 0 aliphatic carbocycles. The molecule has 0 spiro atoms. The highest BCUT2D eigenvalue weighted by Gasteiger charge is 2.24. The Hall–Kier alpha value is -0.130. The Kier molecular flexibility index (Phi) is 5.63. The van der Waals surface area contributed by atoms with Crippen LogP contribution in [0.25, 0.3) is 0 Å². The number of hydrogen-bond donors (Lipinski definition) is 1. The molecule has 0 aliphatic rings. The third kappa shape index (κ3) is 4.39. The number of rotatable bonds is 6. The first kappa shape index (κ1) is 13.9. The maximum absolute atomic E-state index is 11.8. The average Bonchev–Trinajstić information content (AvgIpc) is 1.96. The van der Waals surface area contributed by atoms with Crippen LogP contribution in [-0.2, 0) is 10.0 Å². The Bertz CT molecular complexity index is 248. The molecule has 5 heteroatoms. The Morgan fingerprint density at radius 3 is 2.00 bits per heavy atom. The van der Waals surface area contributed by atoms with Crippen LogP contribution in [0.2, 0.25) is 0 Å². The highest BCUT2D eigenvalue weighted by molar-refractivity contribution is 7.89. The summed E-state index contributed by atoms with van der Waals surface area (Å²) in [6, 6.07) is -0.0118. The second-order valence-electron chi connectivity index (χ2n) is 4.17. The fourth-order valence-electron chi connectivity index (χ4n) is 1.36. The first-order chi connectivity index (χ1) is 6.31. The summed E-state index contributed by atoms with van der Waals surface area (Å²) in [4.78, 5) is 0. The summed E-state index contributed by atoms with van der Waals surface area (Å²) in [5, 5.41) is 0. The van der Waals surface area contributed by atoms with Crippen molar-refractivity contribution in [1.29, 1.82) is 0 Å². The standard InChI is InChI=1S/C9H22N2O2S/c1-8(2)7-14(12,13)11(6-5-10)9(3)4/h8-9H,5-7,10H2,1-4H3. The van der Waals surface area contributed by atoms with Gasteiger partial charge in [-0.25, -0.2) is 8.42 Å². The van der Waals surface area contributed by atoms with Gasteiger partial charge in [0.05, 0.1) is 5.75 Å². The molecule has 0 bridgehead atoms. The van der Waals surface area contributed by atoms with E-state index in [1.165, 1.54) is 4.31 Å². The molecule has 14 heavy (non-hydrogen) atoms. The van der Waals surface area contributed by atoms with Gasteiger partial charge in [0.25, 0.3) is 0 Å². The van der Waals surface area contributed by atoms with Crippen molar-refractivity contribution in [3.63, 3.8) is 0 Å². The second-order valence-corrected chi connectivity index (χ2v) is 6.13. The molecule has 0 saturated carbocycles. The molecule has 0 heterocycles. The van der Waals surface area contributed by atoms with E-state index in [2.05, 4.69) is 0 Å². The molecular weight excluding hydrogens is 200 g/mol. The first-order valence-electron chi connectivity index (χ1n) is 5.00. The summed E-state index contributed by atoms with van der Waals surface area (Å²) >= 11 is 0. The van der Waals surface area contributed by atoms with Gasteiger partial charge in [-0.05, 0) is 19.8 Å². The lowest BCUT2D eigenvalue weighted by Gasteiger charge is -2.26. The number of hydrogen-bond acceptors (Lipinski definition) is 3. The van der Waals surface area contributed by atoms with Crippen molar-refractivity contribution in [3.05, 3.63) is 0 Å². The van der Waals surface area contributed by atoms with Crippen LogP contribution in [0.15, 0.2) is 0 Å². The Morgan fingerprint density at radius 2 is 1.71 bits per heavy atom. The zero-order valence-corrected chi connectivity index (χ0v) is 10.3. The normalized spacial score (nSPS) is 13.1. The van der Waals surface area contributed by atoms with Crippen molar-refractivity contribution in [2.45, 2.75) is 33.7 Å². The monoisotopic (exact) mass is 222 g/mol. The quantitative estimate of drug-likeness (QED) is 0.717. The molecule has 0 aromatic carbocycles. The third-order valence-electron chi connectivity index (χ3n) is 1.83. The van der Waals surface area contributed by atoms with E-state index in [1.807, 2.05) is 27.7 Å². The summed E-state index contributed by atoms with van der Waals surface area (Å²) in [7, 11) is -3.13. The number of nitrogens with zero attached hydrogens (tertiary/aromatic N) is 1. The van der Waals surface area contributed by atoms with Crippen molar-refractivity contribution < 1.29 is 8.42 Å². The van der Waals surface area contributed by atoms with Gasteiger partial charge < -0.3 is 5.73 Å². The van der Waals surface area contributed by atoms with Crippen molar-refractivity contribution in [2.24, 2.45) is 11.7 Å². The number of sulfonamides is 1. The summed E-state index contributed by atoms with van der Waals surface area (Å²) in [6.45, 7) is 8.32. The largest absolute Gasteiger partial charge is 0.329 e. The van der Waals surface area contributed by atoms with Gasteiger partial charge in [-0.15, -0.1) is 0 Å². The summed E-state index contributed by atoms with van der Waals surface area (Å²) in [6.07, 6.45) is 0. The van der Waals surface area contributed by atoms with E-state index in [0.717, 1.165) is 0 Å². The zero-order chi connectivity index (χ0) is 11.4. The van der Waals surface area contributed by atoms with E-state index < -0.39 is 10.0 Å². The molecule has 0 rings (SSSR count). The maximum Gasteiger partial charge on any atom is 0.214 e. The highest BCUT2D eigenvalue weighted by atomic mass is 32.2. The molecule has 0 aliphatic heterocycles. The van der Waals surface area contributed by atoms with Gasteiger partial charge in [0.1, 0.15) is 0 Å². The molecule has 0 amide bonds. The molecule has 0 unspecified atom stereocenters. The lowest BCUT2D eigenvalue weighted by atomic mass is 10.3. The molecule has 0 aromatic heterocycles. The second kappa shape index (κ2) is 5.68. The van der Waals surface area contributed by atoms with Gasteiger partial charge in [0.2, 0.25) is 10.0 Å².